The van der Waals surface area contributed by atoms with E-state index in [0.29, 0.717) is 29.0 Å². The first-order valence-corrected chi connectivity index (χ1v) is 11.9. The first kappa shape index (κ1) is 23.9. The standard InChI is InChI=1S/C28H31N3O5/c1-16-10-8-11-17(14-16)21-20-22(29(4)27(33)30(5)26(20)32)23-25(36-15-28(2,3)31(21)23)18-12-9-13-19(34-6)24(18)35-7/h8-14,25H,15H2,1-7H3/t25-/m1/s1. The first-order valence-electron chi connectivity index (χ1n) is 11.9. The molecular formula is C28H31N3O5. The van der Waals surface area contributed by atoms with Gasteiger partial charge in [0.15, 0.2) is 11.5 Å². The molecule has 0 saturated carbocycles. The summed E-state index contributed by atoms with van der Waals surface area (Å²) in [6.07, 6.45) is -0.596. The van der Waals surface area contributed by atoms with Crippen molar-refractivity contribution >= 4 is 10.9 Å². The summed E-state index contributed by atoms with van der Waals surface area (Å²) < 4.78 is 22.7. The highest BCUT2D eigenvalue weighted by Gasteiger charge is 2.41. The van der Waals surface area contributed by atoms with Crippen molar-refractivity contribution in [2.45, 2.75) is 32.4 Å². The van der Waals surface area contributed by atoms with Gasteiger partial charge in [0.25, 0.3) is 5.56 Å². The zero-order chi connectivity index (χ0) is 25.9. The molecule has 0 radical (unpaired) electrons. The Morgan fingerprint density at radius 2 is 1.72 bits per heavy atom. The first-order chi connectivity index (χ1) is 17.1. The summed E-state index contributed by atoms with van der Waals surface area (Å²) >= 11 is 0. The minimum absolute atomic E-state index is 0.335. The second kappa shape index (κ2) is 8.41. The lowest BCUT2D eigenvalue weighted by molar-refractivity contribution is -0.00811. The van der Waals surface area contributed by atoms with Crippen LogP contribution in [0.1, 0.15) is 36.8 Å². The molecule has 3 heterocycles. The maximum absolute atomic E-state index is 13.7. The predicted octanol–water partition coefficient (Wildman–Crippen LogP) is 3.89. The predicted molar refractivity (Wildman–Crippen MR) is 139 cm³/mol. The molecular weight excluding hydrogens is 458 g/mol. The Labute approximate surface area is 209 Å². The largest absolute Gasteiger partial charge is 0.493 e. The Morgan fingerprint density at radius 1 is 1.00 bits per heavy atom. The number of ether oxygens (including phenoxy) is 3. The fourth-order valence-corrected chi connectivity index (χ4v) is 5.42. The highest BCUT2D eigenvalue weighted by Crippen LogP contribution is 2.48. The van der Waals surface area contributed by atoms with Gasteiger partial charge in [0, 0.05) is 19.7 Å². The number of hydrogen-bond acceptors (Lipinski definition) is 5. The van der Waals surface area contributed by atoms with Crippen LogP contribution in [0.5, 0.6) is 11.5 Å². The monoisotopic (exact) mass is 489 g/mol. The van der Waals surface area contributed by atoms with Gasteiger partial charge in [-0.15, -0.1) is 0 Å². The van der Waals surface area contributed by atoms with E-state index in [1.54, 1.807) is 25.8 Å². The van der Waals surface area contributed by atoms with E-state index in [1.165, 1.54) is 11.6 Å². The molecule has 0 amide bonds. The molecule has 8 nitrogen and oxygen atoms in total. The van der Waals surface area contributed by atoms with Crippen molar-refractivity contribution in [2.24, 2.45) is 14.1 Å². The minimum atomic E-state index is -0.596. The smallest absolute Gasteiger partial charge is 0.331 e. The van der Waals surface area contributed by atoms with E-state index in [4.69, 9.17) is 14.2 Å². The molecule has 1 atom stereocenters. The van der Waals surface area contributed by atoms with Crippen LogP contribution in [0, 0.1) is 6.92 Å². The summed E-state index contributed by atoms with van der Waals surface area (Å²) in [5.74, 6) is 1.13. The van der Waals surface area contributed by atoms with Gasteiger partial charge in [0.2, 0.25) is 0 Å². The molecule has 0 spiro atoms. The van der Waals surface area contributed by atoms with Gasteiger partial charge in [-0.05, 0) is 38.5 Å². The summed E-state index contributed by atoms with van der Waals surface area (Å²) in [4.78, 5) is 26.9. The zero-order valence-electron chi connectivity index (χ0n) is 21.7. The van der Waals surface area contributed by atoms with Gasteiger partial charge >= 0.3 is 5.69 Å². The maximum Gasteiger partial charge on any atom is 0.331 e. The Bertz CT molecular complexity index is 1620. The molecule has 0 aliphatic carbocycles. The van der Waals surface area contributed by atoms with Crippen LogP contribution < -0.4 is 20.7 Å². The molecule has 1 aliphatic rings. The lowest BCUT2D eigenvalue weighted by atomic mass is 9.97. The number of hydrogen-bond donors (Lipinski definition) is 0. The van der Waals surface area contributed by atoms with Crippen molar-refractivity contribution in [2.75, 3.05) is 20.8 Å². The summed E-state index contributed by atoms with van der Waals surface area (Å²) in [5.41, 5.74) is 3.59. The topological polar surface area (TPSA) is 76.6 Å². The van der Waals surface area contributed by atoms with Gasteiger partial charge in [0.05, 0.1) is 48.7 Å². The quantitative estimate of drug-likeness (QED) is 0.435. The summed E-state index contributed by atoms with van der Waals surface area (Å²) in [6, 6.07) is 13.7. The van der Waals surface area contributed by atoms with E-state index in [-0.39, 0.29) is 5.56 Å². The van der Waals surface area contributed by atoms with Crippen molar-refractivity contribution in [1.29, 1.82) is 0 Å². The van der Waals surface area contributed by atoms with Gasteiger partial charge < -0.3 is 18.8 Å². The van der Waals surface area contributed by atoms with Crippen molar-refractivity contribution in [3.63, 3.8) is 0 Å². The van der Waals surface area contributed by atoms with Gasteiger partial charge in [0.1, 0.15) is 6.10 Å². The number of para-hydroxylation sites is 1. The van der Waals surface area contributed by atoms with Gasteiger partial charge in [-0.3, -0.25) is 13.9 Å². The number of methoxy groups -OCH3 is 2. The van der Waals surface area contributed by atoms with Gasteiger partial charge in [-0.1, -0.05) is 35.9 Å². The number of benzene rings is 2. The molecule has 4 aromatic rings. The molecule has 8 heteroatoms. The van der Waals surface area contributed by atoms with E-state index in [2.05, 4.69) is 24.5 Å². The van der Waals surface area contributed by atoms with Crippen molar-refractivity contribution in [3.05, 3.63) is 80.1 Å². The second-order valence-electron chi connectivity index (χ2n) is 9.95. The van der Waals surface area contributed by atoms with Gasteiger partial charge in [-0.2, -0.15) is 0 Å². The van der Waals surface area contributed by atoms with Crippen LogP contribution in [0.4, 0.5) is 0 Å². The highest BCUT2D eigenvalue weighted by atomic mass is 16.5. The minimum Gasteiger partial charge on any atom is -0.493 e. The summed E-state index contributed by atoms with van der Waals surface area (Å²) in [7, 11) is 6.40. The Kier molecular flexibility index (Phi) is 5.59. The number of fused-ring (bicyclic) bond motifs is 3. The Balaban J connectivity index is 2.01. The maximum atomic E-state index is 13.7. The lowest BCUT2D eigenvalue weighted by Crippen LogP contribution is -2.40. The number of aromatic nitrogens is 3. The second-order valence-corrected chi connectivity index (χ2v) is 9.95. The third kappa shape index (κ3) is 3.32. The van der Waals surface area contributed by atoms with Crippen LogP contribution in [0.2, 0.25) is 0 Å². The van der Waals surface area contributed by atoms with Crippen LogP contribution in [0.25, 0.3) is 22.2 Å². The molecule has 1 aliphatic heterocycles. The molecule has 0 saturated heterocycles. The van der Waals surface area contributed by atoms with Crippen molar-refractivity contribution in [1.82, 2.24) is 13.7 Å². The average Bonchev–Trinajstić information content (AvgIpc) is 3.23. The third-order valence-electron chi connectivity index (χ3n) is 7.07. The molecule has 36 heavy (non-hydrogen) atoms. The van der Waals surface area contributed by atoms with Gasteiger partial charge in [-0.25, -0.2) is 4.79 Å². The fourth-order valence-electron chi connectivity index (χ4n) is 5.42. The summed E-state index contributed by atoms with van der Waals surface area (Å²) in [6.45, 7) is 6.57. The Hall–Kier alpha value is -3.78. The highest BCUT2D eigenvalue weighted by molar-refractivity contribution is 5.97. The molecule has 5 rings (SSSR count). The number of nitrogens with zero attached hydrogens (tertiary/aromatic N) is 3. The normalized spacial score (nSPS) is 16.7. The Morgan fingerprint density at radius 3 is 2.39 bits per heavy atom. The molecule has 0 bridgehead atoms. The van der Waals surface area contributed by atoms with Crippen LogP contribution in [-0.2, 0) is 24.4 Å². The van der Waals surface area contributed by atoms with E-state index in [1.807, 2.05) is 43.3 Å². The fraction of sp³-hybridized carbons (Fsp3) is 0.357. The molecule has 188 valence electrons. The molecule has 2 aromatic carbocycles. The van der Waals surface area contributed by atoms with Crippen molar-refractivity contribution in [3.8, 4) is 22.8 Å². The van der Waals surface area contributed by atoms with Crippen LogP contribution >= 0.6 is 0 Å². The summed E-state index contributed by atoms with van der Waals surface area (Å²) in [5, 5.41) is 0.491. The molecule has 2 aromatic heterocycles. The van der Waals surface area contributed by atoms with Crippen LogP contribution in [-0.4, -0.2) is 34.5 Å². The SMILES string of the molecule is COc1cccc([C@H]2OCC(C)(C)n3c(-c4cccc(C)c4)c4c(=O)n(C)c(=O)n(C)c4c32)c1OC. The van der Waals surface area contributed by atoms with Crippen LogP contribution in [0.3, 0.4) is 0 Å². The zero-order valence-corrected chi connectivity index (χ0v) is 21.7. The lowest BCUT2D eigenvalue weighted by Gasteiger charge is -2.39. The molecule has 0 N–H and O–H groups in total. The number of aryl methyl sites for hydroxylation is 2. The van der Waals surface area contributed by atoms with E-state index in [9.17, 15) is 9.59 Å². The average molecular weight is 490 g/mol. The van der Waals surface area contributed by atoms with E-state index in [0.717, 1.165) is 28.1 Å². The molecule has 0 fully saturated rings. The van der Waals surface area contributed by atoms with E-state index < -0.39 is 17.3 Å². The molecule has 0 unspecified atom stereocenters. The van der Waals surface area contributed by atoms with Crippen LogP contribution in [0.15, 0.2) is 52.1 Å². The third-order valence-corrected chi connectivity index (χ3v) is 7.07. The van der Waals surface area contributed by atoms with E-state index >= 15 is 0 Å². The van der Waals surface area contributed by atoms with Crippen molar-refractivity contribution < 1.29 is 14.2 Å². The number of rotatable bonds is 4.